The molecule has 18 heavy (non-hydrogen) atoms. The Morgan fingerprint density at radius 3 is 2.94 bits per heavy atom. The molecule has 0 spiro atoms. The molecular formula is C12H15BClNO2S. The molecule has 0 aliphatic carbocycles. The van der Waals surface area contributed by atoms with E-state index in [1.165, 1.54) is 11.8 Å². The Kier molecular flexibility index (Phi) is 4.25. The molecule has 1 aliphatic rings. The molecule has 0 radical (unpaired) electrons. The van der Waals surface area contributed by atoms with Crippen molar-refractivity contribution in [2.24, 2.45) is 0 Å². The van der Waals surface area contributed by atoms with E-state index in [-0.39, 0.29) is 10.5 Å². The minimum atomic E-state index is -0.512. The third-order valence-electron chi connectivity index (χ3n) is 2.87. The van der Waals surface area contributed by atoms with E-state index in [4.69, 9.17) is 11.6 Å². The quantitative estimate of drug-likeness (QED) is 0.821. The lowest BCUT2D eigenvalue weighted by Gasteiger charge is -2.12. The molecule has 96 valence electrons. The van der Waals surface area contributed by atoms with E-state index >= 15 is 0 Å². The molecule has 1 heterocycles. The summed E-state index contributed by atoms with van der Waals surface area (Å²) in [7, 11) is 0. The maximum atomic E-state index is 11.7. The SMILES string of the molecule is CC(C)SC(=O)Nc1ccc2c(c1Cl)B(O)CC2. The van der Waals surface area contributed by atoms with Gasteiger partial charge in [0.25, 0.3) is 5.24 Å². The Hall–Kier alpha value is -0.645. The highest BCUT2D eigenvalue weighted by Gasteiger charge is 2.28. The van der Waals surface area contributed by atoms with Crippen LogP contribution in [0.3, 0.4) is 0 Å². The van der Waals surface area contributed by atoms with Crippen LogP contribution in [0, 0.1) is 0 Å². The molecule has 0 saturated carbocycles. The molecular weight excluding hydrogens is 268 g/mol. The topological polar surface area (TPSA) is 49.3 Å². The Morgan fingerprint density at radius 2 is 2.28 bits per heavy atom. The number of hydrogen-bond donors (Lipinski definition) is 2. The van der Waals surface area contributed by atoms with Crippen molar-refractivity contribution in [1.29, 1.82) is 0 Å². The minimum Gasteiger partial charge on any atom is -0.446 e. The van der Waals surface area contributed by atoms with Crippen LogP contribution in [0.25, 0.3) is 0 Å². The Bertz CT molecular complexity index is 481. The van der Waals surface area contributed by atoms with Gasteiger partial charge in [-0.2, -0.15) is 0 Å². The molecule has 2 N–H and O–H groups in total. The number of nitrogens with one attached hydrogen (secondary N) is 1. The number of thioether (sulfide) groups is 1. The number of benzene rings is 1. The van der Waals surface area contributed by atoms with Gasteiger partial charge in [-0.05, 0) is 29.8 Å². The van der Waals surface area contributed by atoms with Crippen LogP contribution in [0.5, 0.6) is 0 Å². The summed E-state index contributed by atoms with van der Waals surface area (Å²) in [5, 5.41) is 13.2. The van der Waals surface area contributed by atoms with E-state index in [1.807, 2.05) is 19.9 Å². The number of halogens is 1. The number of anilines is 1. The van der Waals surface area contributed by atoms with E-state index in [2.05, 4.69) is 5.32 Å². The normalized spacial score (nSPS) is 13.9. The van der Waals surface area contributed by atoms with Crippen molar-refractivity contribution in [1.82, 2.24) is 0 Å². The largest absolute Gasteiger partial charge is 0.446 e. The highest BCUT2D eigenvalue weighted by atomic mass is 35.5. The zero-order valence-corrected chi connectivity index (χ0v) is 11.9. The second kappa shape index (κ2) is 5.55. The van der Waals surface area contributed by atoms with Crippen molar-refractivity contribution in [3.05, 3.63) is 22.7 Å². The number of carbonyl (C=O) groups excluding carboxylic acids is 1. The van der Waals surface area contributed by atoms with Crippen LogP contribution in [0.4, 0.5) is 10.5 Å². The summed E-state index contributed by atoms with van der Waals surface area (Å²) in [6, 6.07) is 3.73. The Labute approximate surface area is 116 Å². The number of aryl methyl sites for hydroxylation is 1. The second-order valence-corrected chi connectivity index (χ2v) is 6.56. The standard InChI is InChI=1S/C12H15BClNO2S/c1-7(2)18-12(16)15-9-4-3-8-5-6-13(17)10(8)11(9)14/h3-4,7,17H,5-6H2,1-2H3,(H,15,16). The molecule has 0 aromatic heterocycles. The van der Waals surface area contributed by atoms with Gasteiger partial charge >= 0.3 is 6.92 Å². The second-order valence-electron chi connectivity index (χ2n) is 4.63. The summed E-state index contributed by atoms with van der Waals surface area (Å²) in [6.45, 7) is 3.40. The molecule has 0 atom stereocenters. The van der Waals surface area contributed by atoms with Gasteiger partial charge in [-0.3, -0.25) is 4.79 Å². The molecule has 0 unspecified atom stereocenters. The average Bonchev–Trinajstić information content (AvgIpc) is 2.64. The lowest BCUT2D eigenvalue weighted by Crippen LogP contribution is -2.28. The monoisotopic (exact) mass is 283 g/mol. The predicted molar refractivity (Wildman–Crippen MR) is 79.3 cm³/mol. The van der Waals surface area contributed by atoms with Gasteiger partial charge in [0.1, 0.15) is 0 Å². The number of fused-ring (bicyclic) bond motifs is 1. The van der Waals surface area contributed by atoms with Crippen LogP contribution in [-0.4, -0.2) is 22.4 Å². The fourth-order valence-corrected chi connectivity index (χ4v) is 3.05. The molecule has 1 aliphatic heterocycles. The van der Waals surface area contributed by atoms with Gasteiger partial charge in [-0.25, -0.2) is 0 Å². The summed E-state index contributed by atoms with van der Waals surface area (Å²) in [5.41, 5.74) is 2.42. The van der Waals surface area contributed by atoms with Crippen LogP contribution < -0.4 is 10.8 Å². The zero-order chi connectivity index (χ0) is 13.3. The molecule has 0 saturated heterocycles. The predicted octanol–water partition coefficient (Wildman–Crippen LogP) is 2.76. The molecule has 2 rings (SSSR count). The number of rotatable bonds is 2. The van der Waals surface area contributed by atoms with E-state index in [0.29, 0.717) is 17.0 Å². The Morgan fingerprint density at radius 1 is 1.56 bits per heavy atom. The van der Waals surface area contributed by atoms with Gasteiger partial charge in [0.2, 0.25) is 0 Å². The first-order chi connectivity index (χ1) is 8.49. The summed E-state index contributed by atoms with van der Waals surface area (Å²) in [5.74, 6) is 0. The molecule has 3 nitrogen and oxygen atoms in total. The van der Waals surface area contributed by atoms with E-state index in [1.54, 1.807) is 6.07 Å². The summed E-state index contributed by atoms with van der Waals surface area (Å²) in [6.07, 6.45) is 1.54. The highest BCUT2D eigenvalue weighted by Crippen LogP contribution is 2.27. The molecule has 1 aromatic rings. The van der Waals surface area contributed by atoms with Crippen LogP contribution in [0.1, 0.15) is 19.4 Å². The first kappa shape index (κ1) is 13.8. The summed E-state index contributed by atoms with van der Waals surface area (Å²) >= 11 is 7.47. The third-order valence-corrected chi connectivity index (χ3v) is 4.06. The van der Waals surface area contributed by atoms with Gasteiger partial charge in [0.05, 0.1) is 10.7 Å². The van der Waals surface area contributed by atoms with Gasteiger partial charge in [0, 0.05) is 5.25 Å². The molecule has 1 aromatic carbocycles. The summed E-state index contributed by atoms with van der Waals surface area (Å²) < 4.78 is 0. The van der Waals surface area contributed by atoms with Gasteiger partial charge < -0.3 is 10.3 Å². The maximum absolute atomic E-state index is 11.7. The van der Waals surface area contributed by atoms with E-state index in [0.717, 1.165) is 17.4 Å². The summed E-state index contributed by atoms with van der Waals surface area (Å²) in [4.78, 5) is 11.7. The van der Waals surface area contributed by atoms with Crippen molar-refractivity contribution >= 4 is 46.7 Å². The minimum absolute atomic E-state index is 0.126. The lowest BCUT2D eigenvalue weighted by atomic mass is 9.63. The van der Waals surface area contributed by atoms with Crippen molar-refractivity contribution < 1.29 is 9.82 Å². The van der Waals surface area contributed by atoms with Gasteiger partial charge in [-0.1, -0.05) is 43.3 Å². The number of carbonyl (C=O) groups is 1. The molecule has 0 bridgehead atoms. The first-order valence-electron chi connectivity index (χ1n) is 5.96. The molecule has 6 heteroatoms. The van der Waals surface area contributed by atoms with Crippen molar-refractivity contribution in [3.8, 4) is 0 Å². The third kappa shape index (κ3) is 2.84. The lowest BCUT2D eigenvalue weighted by molar-refractivity contribution is 0.269. The number of hydrogen-bond acceptors (Lipinski definition) is 3. The average molecular weight is 284 g/mol. The highest BCUT2D eigenvalue weighted by molar-refractivity contribution is 8.14. The van der Waals surface area contributed by atoms with E-state index < -0.39 is 6.92 Å². The maximum Gasteiger partial charge on any atom is 0.325 e. The zero-order valence-electron chi connectivity index (χ0n) is 10.4. The fraction of sp³-hybridized carbons (Fsp3) is 0.417. The van der Waals surface area contributed by atoms with Crippen LogP contribution >= 0.6 is 23.4 Å². The van der Waals surface area contributed by atoms with Crippen LogP contribution in [0.15, 0.2) is 12.1 Å². The molecule has 0 fully saturated rings. The van der Waals surface area contributed by atoms with Gasteiger partial charge in [-0.15, -0.1) is 0 Å². The fourth-order valence-electron chi connectivity index (χ4n) is 2.10. The van der Waals surface area contributed by atoms with Crippen molar-refractivity contribution in [3.63, 3.8) is 0 Å². The van der Waals surface area contributed by atoms with Crippen LogP contribution in [0.2, 0.25) is 11.3 Å². The Balaban J connectivity index is 2.20. The van der Waals surface area contributed by atoms with Crippen molar-refractivity contribution in [2.75, 3.05) is 5.32 Å². The molecule has 1 amide bonds. The van der Waals surface area contributed by atoms with Crippen LogP contribution in [-0.2, 0) is 6.42 Å². The first-order valence-corrected chi connectivity index (χ1v) is 7.21. The van der Waals surface area contributed by atoms with E-state index in [9.17, 15) is 9.82 Å². The van der Waals surface area contributed by atoms with Gasteiger partial charge in [0.15, 0.2) is 0 Å². The smallest absolute Gasteiger partial charge is 0.325 e. The van der Waals surface area contributed by atoms with Crippen molar-refractivity contribution in [2.45, 2.75) is 31.8 Å². The number of amides is 1.